The number of carbonyl (C=O) groups is 4. The van der Waals surface area contributed by atoms with Crippen LogP contribution in [0.4, 0.5) is 34.1 Å². The van der Waals surface area contributed by atoms with Gasteiger partial charge in [0.1, 0.15) is 0 Å². The topological polar surface area (TPSA) is 81.2 Å². The molecule has 8 nitrogen and oxygen atoms in total. The van der Waals surface area contributed by atoms with Crippen molar-refractivity contribution in [3.05, 3.63) is 310 Å². The van der Waals surface area contributed by atoms with Gasteiger partial charge in [0.05, 0.1) is 0 Å². The molecule has 2 heterocycles. The Labute approximate surface area is 709 Å². The molecule has 14 aromatic rings. The Morgan fingerprint density at radius 3 is 0.983 bits per heavy atom. The number of nitrogens with zero attached hydrogens (tertiary/aromatic N) is 4. The lowest BCUT2D eigenvalue weighted by Crippen LogP contribution is -2.41. The minimum atomic E-state index is -0.328. The van der Waals surface area contributed by atoms with Crippen LogP contribution in [0.25, 0.3) is 87.6 Å². The Kier molecular flexibility index (Phi) is 21.0. The predicted molar refractivity (Wildman–Crippen MR) is 501 cm³/mol. The van der Waals surface area contributed by atoms with Gasteiger partial charge in [-0.3, -0.25) is 29.0 Å². The summed E-state index contributed by atoms with van der Waals surface area (Å²) in [6.07, 6.45) is 12.3. The molecule has 0 fully saturated rings. The second kappa shape index (κ2) is 31.8. The Morgan fingerprint density at radius 2 is 0.608 bits per heavy atom. The highest BCUT2D eigenvalue weighted by Crippen LogP contribution is 2.59. The molecule has 6 atom stereocenters. The van der Waals surface area contributed by atoms with Gasteiger partial charge in [0.15, 0.2) is 0 Å². The van der Waals surface area contributed by atoms with Crippen LogP contribution in [0.15, 0.2) is 249 Å². The quantitative estimate of drug-likeness (QED) is 0.0276. The van der Waals surface area contributed by atoms with E-state index in [9.17, 15) is 19.2 Å². The van der Waals surface area contributed by atoms with Crippen molar-refractivity contribution in [3.8, 4) is 44.5 Å². The van der Waals surface area contributed by atoms with Gasteiger partial charge < -0.3 is 9.80 Å². The molecule has 0 aromatic heterocycles. The summed E-state index contributed by atoms with van der Waals surface area (Å²) in [4.78, 5) is 64.2. The zero-order chi connectivity index (χ0) is 83.3. The zero-order valence-electron chi connectivity index (χ0n) is 72.2. The third kappa shape index (κ3) is 13.2. The molecule has 2 aliphatic heterocycles. The Hall–Kier alpha value is -11.7. The van der Waals surface area contributed by atoms with E-state index in [4.69, 9.17) is 0 Å². The first-order chi connectivity index (χ1) is 58.2. The minimum absolute atomic E-state index is 0.0347. The largest absolute Gasteiger partial charge is 0.311 e. The summed E-state index contributed by atoms with van der Waals surface area (Å²) in [7, 11) is 1.52. The highest BCUT2D eigenvalue weighted by Gasteiger charge is 2.47. The van der Waals surface area contributed by atoms with Crippen molar-refractivity contribution in [1.82, 2.24) is 9.80 Å². The molecule has 0 radical (unpaired) electrons. The van der Waals surface area contributed by atoms with Crippen LogP contribution in [0.5, 0.6) is 0 Å². The third-order valence-electron chi connectivity index (χ3n) is 29.0. The molecule has 4 aliphatic rings. The molecule has 0 saturated heterocycles. The van der Waals surface area contributed by atoms with E-state index in [1.807, 2.05) is 48.5 Å². The number of carbonyl (C=O) groups excluding carboxylic acids is 4. The number of imide groups is 2. The second-order valence-electron chi connectivity index (χ2n) is 36.2. The van der Waals surface area contributed by atoms with Crippen molar-refractivity contribution < 1.29 is 19.2 Å². The maximum absolute atomic E-state index is 14.9. The summed E-state index contributed by atoms with van der Waals surface area (Å²) in [6.45, 7) is 28.6. The van der Waals surface area contributed by atoms with Crippen LogP contribution in [0.2, 0.25) is 0 Å². The smallest absolute Gasteiger partial charge is 0.261 e. The average molecular weight is 1580 g/mol. The summed E-state index contributed by atoms with van der Waals surface area (Å²) in [6, 6.07) is 92.5. The average Bonchev–Trinajstić information content (AvgIpc) is 1.06. The van der Waals surface area contributed by atoms with Gasteiger partial charge >= 0.3 is 0 Å². The molecule has 0 bridgehead atoms. The molecular weight excluding hydrogens is 1470 g/mol. The summed E-state index contributed by atoms with van der Waals surface area (Å²) in [5.74, 6) is 1.79. The summed E-state index contributed by atoms with van der Waals surface area (Å²) >= 11 is 0. The molecular formula is C112H112N4O4. The van der Waals surface area contributed by atoms with E-state index in [0.717, 1.165) is 131 Å². The van der Waals surface area contributed by atoms with Crippen molar-refractivity contribution in [2.75, 3.05) is 23.4 Å². The SMILES string of the molecule is CCC(C)CC1(CC(C)CC)c2ccccc2-c2ccc(-c3ccc(N(c4ccc(C(C)CC)cc4)c4ccc(N(c5ccc(-c6ccc7c(c6)C(CC(C)CC)(CC(C)CC)c6cc(CCCN8C(=O)c9ccc%10c%11ccc%12c%13c(ccc(c%14ccc(c9c%10%14)C8=O)c%13%11)C(=O)N(C)C%12=O)ccc6-7)cc5)c5ccc(C(C)CC)cc5)cc4)cc3)cc21. The van der Waals surface area contributed by atoms with E-state index < -0.39 is 0 Å². The lowest BCUT2D eigenvalue weighted by Gasteiger charge is -2.37. The molecule has 0 spiro atoms. The normalized spacial score (nSPS) is 17.4. The van der Waals surface area contributed by atoms with Gasteiger partial charge in [0.25, 0.3) is 23.6 Å². The second-order valence-corrected chi connectivity index (χ2v) is 36.2. The molecule has 18 rings (SSSR count). The van der Waals surface area contributed by atoms with Crippen molar-refractivity contribution in [2.24, 2.45) is 23.7 Å². The van der Waals surface area contributed by atoms with E-state index >= 15 is 0 Å². The lowest BCUT2D eigenvalue weighted by atomic mass is 9.66. The lowest BCUT2D eigenvalue weighted by molar-refractivity contribution is 0.0604. The van der Waals surface area contributed by atoms with Crippen molar-refractivity contribution in [3.63, 3.8) is 0 Å². The first-order valence-electron chi connectivity index (χ1n) is 44.7. The van der Waals surface area contributed by atoms with Crippen LogP contribution in [0, 0.1) is 23.7 Å². The monoisotopic (exact) mass is 1580 g/mol. The number of hydrogen-bond donors (Lipinski definition) is 0. The number of fused-ring (bicyclic) bond motifs is 8. The van der Waals surface area contributed by atoms with E-state index in [1.54, 1.807) is 0 Å². The molecule has 6 unspecified atom stereocenters. The predicted octanol–water partition coefficient (Wildman–Crippen LogP) is 29.8. The maximum Gasteiger partial charge on any atom is 0.261 e. The molecule has 604 valence electrons. The Morgan fingerprint density at radius 1 is 0.300 bits per heavy atom. The van der Waals surface area contributed by atoms with E-state index in [-0.39, 0.29) is 41.0 Å². The van der Waals surface area contributed by atoms with Crippen LogP contribution >= 0.6 is 0 Å². The van der Waals surface area contributed by atoms with E-state index in [0.29, 0.717) is 81.4 Å². The Balaban J connectivity index is 0.640. The first-order valence-corrected chi connectivity index (χ1v) is 44.7. The molecule has 14 aromatic carbocycles. The molecule has 2 aliphatic carbocycles. The van der Waals surface area contributed by atoms with Gasteiger partial charge in [-0.25, -0.2) is 0 Å². The van der Waals surface area contributed by atoms with Crippen LogP contribution < -0.4 is 9.80 Å². The van der Waals surface area contributed by atoms with Gasteiger partial charge in [0.2, 0.25) is 0 Å². The van der Waals surface area contributed by atoms with Crippen molar-refractivity contribution in [2.45, 2.75) is 183 Å². The summed E-state index contributed by atoms with van der Waals surface area (Å²) in [5, 5.41) is 6.54. The fraction of sp³-hybridized carbons (Fsp3) is 0.304. The number of hydrogen-bond acceptors (Lipinski definition) is 6. The van der Waals surface area contributed by atoms with Gasteiger partial charge in [0, 0.05) is 91.6 Å². The minimum Gasteiger partial charge on any atom is -0.311 e. The first kappa shape index (κ1) is 79.4. The van der Waals surface area contributed by atoms with Crippen LogP contribution in [-0.2, 0) is 17.3 Å². The van der Waals surface area contributed by atoms with Crippen molar-refractivity contribution >= 4 is 101 Å². The third-order valence-corrected chi connectivity index (χ3v) is 29.0. The van der Waals surface area contributed by atoms with Crippen LogP contribution in [0.3, 0.4) is 0 Å². The molecule has 120 heavy (non-hydrogen) atoms. The highest BCUT2D eigenvalue weighted by molar-refractivity contribution is 6.41. The van der Waals surface area contributed by atoms with E-state index in [2.05, 4.69) is 293 Å². The summed E-state index contributed by atoms with van der Waals surface area (Å²) in [5.41, 5.74) is 28.2. The maximum atomic E-state index is 14.9. The van der Waals surface area contributed by atoms with Gasteiger partial charge in [-0.15, -0.1) is 0 Å². The highest BCUT2D eigenvalue weighted by atomic mass is 16.2. The van der Waals surface area contributed by atoms with Crippen LogP contribution in [-0.4, -0.2) is 47.0 Å². The number of amides is 4. The van der Waals surface area contributed by atoms with Crippen LogP contribution in [0.1, 0.15) is 246 Å². The van der Waals surface area contributed by atoms with Crippen molar-refractivity contribution in [1.29, 1.82) is 0 Å². The zero-order valence-corrected chi connectivity index (χ0v) is 72.2. The fourth-order valence-corrected chi connectivity index (χ4v) is 21.2. The number of rotatable bonds is 28. The number of aryl methyl sites for hydroxylation is 1. The van der Waals surface area contributed by atoms with Gasteiger partial charge in [-0.05, 0) is 312 Å². The fourth-order valence-electron chi connectivity index (χ4n) is 21.2. The molecule has 0 N–H and O–H groups in total. The van der Waals surface area contributed by atoms with Gasteiger partial charge in [-0.1, -0.05) is 248 Å². The standard InChI is InChI=1S/C112H112N4O4/c1-14-68(7)64-111(65-69(8)15-2)99-25-21-20-24-87(99)89-50-35-79(62-101(89)111)77-31-41-83(42-32-77)115(81-37-27-75(28-38-81)72(11)18-5)85-45-47-86(48-46-85)116(82-39-29-76(30-40-82)73(12)19-6)84-43-33-78(34-44-84)80-36-51-90-88-49-26-74(61-100(88)112(102(90)63-80,66-70(9)16-3)67-71(10)17-4)23-22-60-114-109(119)97-58-54-93-91-52-56-95-105-96(108(118)113(13)107(95)117)57-53-92(103(91)105)94-55-59-98(110(114)120)106(97)104(93)94/h20-21,24-59,61-63,68-73H,14-19,22-23,60,64-67H2,1-13H3. The molecule has 4 amide bonds. The van der Waals surface area contributed by atoms with E-state index in [1.165, 1.54) is 100 Å². The molecule has 8 heteroatoms. The molecule has 0 saturated carbocycles. The van der Waals surface area contributed by atoms with Gasteiger partial charge in [-0.2, -0.15) is 0 Å². The summed E-state index contributed by atoms with van der Waals surface area (Å²) < 4.78 is 0. The number of anilines is 6. The Bertz CT molecular complexity index is 6190. The number of benzene rings is 14.